The van der Waals surface area contributed by atoms with Crippen LogP contribution in [0.3, 0.4) is 0 Å². The van der Waals surface area contributed by atoms with Gasteiger partial charge in [0, 0.05) is 26.1 Å². The SMILES string of the molecule is CC1Cc2cc(S(=O)(=O)N(C)C(C)CN)ccc2O1.Cl. The van der Waals surface area contributed by atoms with Crippen molar-refractivity contribution in [2.45, 2.75) is 37.3 Å². The van der Waals surface area contributed by atoms with Crippen molar-refractivity contribution in [1.29, 1.82) is 0 Å². The van der Waals surface area contributed by atoms with Crippen molar-refractivity contribution in [2.75, 3.05) is 13.6 Å². The number of likely N-dealkylation sites (N-methyl/N-ethyl adjacent to an activating group) is 1. The lowest BCUT2D eigenvalue weighted by atomic mass is 10.1. The number of ether oxygens (including phenoxy) is 1. The van der Waals surface area contributed by atoms with Crippen molar-refractivity contribution in [2.24, 2.45) is 5.73 Å². The zero-order chi connectivity index (χ0) is 14.2. The number of sulfonamides is 1. The Balaban J connectivity index is 0.00000200. The van der Waals surface area contributed by atoms with E-state index in [1.165, 1.54) is 4.31 Å². The summed E-state index contributed by atoms with van der Waals surface area (Å²) >= 11 is 0. The first-order chi connectivity index (χ1) is 8.86. The highest BCUT2D eigenvalue weighted by atomic mass is 35.5. The Bertz CT molecular complexity index is 577. The summed E-state index contributed by atoms with van der Waals surface area (Å²) in [4.78, 5) is 0.298. The summed E-state index contributed by atoms with van der Waals surface area (Å²) < 4.78 is 31.8. The summed E-state index contributed by atoms with van der Waals surface area (Å²) in [7, 11) is -1.94. The molecule has 0 bridgehead atoms. The van der Waals surface area contributed by atoms with Crippen LogP contribution in [-0.4, -0.2) is 38.5 Å². The number of nitrogens with two attached hydrogens (primary N) is 1. The Morgan fingerprint density at radius 2 is 2.15 bits per heavy atom. The Labute approximate surface area is 126 Å². The number of halogens is 1. The maximum atomic E-state index is 12.4. The van der Waals surface area contributed by atoms with E-state index in [-0.39, 0.29) is 24.6 Å². The van der Waals surface area contributed by atoms with Gasteiger partial charge in [-0.25, -0.2) is 8.42 Å². The molecule has 0 amide bonds. The molecular formula is C13H21ClN2O3S. The highest BCUT2D eigenvalue weighted by Gasteiger charge is 2.27. The molecule has 1 heterocycles. The van der Waals surface area contributed by atoms with E-state index in [1.807, 2.05) is 6.92 Å². The van der Waals surface area contributed by atoms with Gasteiger partial charge in [0.2, 0.25) is 10.0 Å². The van der Waals surface area contributed by atoms with E-state index in [1.54, 1.807) is 32.2 Å². The molecule has 0 saturated carbocycles. The number of hydrogen-bond donors (Lipinski definition) is 1. The highest BCUT2D eigenvalue weighted by Crippen LogP contribution is 2.31. The molecule has 20 heavy (non-hydrogen) atoms. The second-order valence-electron chi connectivity index (χ2n) is 5.01. The molecular weight excluding hydrogens is 300 g/mol. The number of benzene rings is 1. The zero-order valence-electron chi connectivity index (χ0n) is 11.9. The van der Waals surface area contributed by atoms with Crippen molar-refractivity contribution in [1.82, 2.24) is 4.31 Å². The molecule has 114 valence electrons. The lowest BCUT2D eigenvalue weighted by molar-refractivity contribution is 0.254. The van der Waals surface area contributed by atoms with Crippen LogP contribution in [0.15, 0.2) is 23.1 Å². The van der Waals surface area contributed by atoms with Crippen LogP contribution >= 0.6 is 12.4 Å². The minimum atomic E-state index is -3.49. The number of rotatable bonds is 4. The summed E-state index contributed by atoms with van der Waals surface area (Å²) in [6.45, 7) is 4.05. The average Bonchev–Trinajstić information content (AvgIpc) is 2.75. The largest absolute Gasteiger partial charge is 0.490 e. The predicted octanol–water partition coefficient (Wildman–Crippen LogP) is 1.40. The Morgan fingerprint density at radius 1 is 1.50 bits per heavy atom. The van der Waals surface area contributed by atoms with Gasteiger partial charge in [-0.3, -0.25) is 0 Å². The third-order valence-electron chi connectivity index (χ3n) is 3.51. The molecule has 1 aliphatic heterocycles. The van der Waals surface area contributed by atoms with Crippen molar-refractivity contribution in [3.63, 3.8) is 0 Å². The molecule has 5 nitrogen and oxygen atoms in total. The molecule has 2 unspecified atom stereocenters. The second kappa shape index (κ2) is 6.30. The molecule has 0 aromatic heterocycles. The van der Waals surface area contributed by atoms with Crippen molar-refractivity contribution in [3.05, 3.63) is 23.8 Å². The molecule has 0 fully saturated rings. The van der Waals surface area contributed by atoms with Crippen LogP contribution < -0.4 is 10.5 Å². The van der Waals surface area contributed by atoms with Gasteiger partial charge >= 0.3 is 0 Å². The van der Waals surface area contributed by atoms with Crippen LogP contribution in [-0.2, 0) is 16.4 Å². The van der Waals surface area contributed by atoms with Crippen LogP contribution in [0.2, 0.25) is 0 Å². The van der Waals surface area contributed by atoms with Crippen LogP contribution in [0.1, 0.15) is 19.4 Å². The molecule has 0 saturated heterocycles. The number of hydrogen-bond acceptors (Lipinski definition) is 4. The van der Waals surface area contributed by atoms with E-state index < -0.39 is 10.0 Å². The molecule has 0 aliphatic carbocycles. The van der Waals surface area contributed by atoms with Gasteiger partial charge in [0.1, 0.15) is 11.9 Å². The lowest BCUT2D eigenvalue weighted by Crippen LogP contribution is -2.39. The molecule has 1 aromatic carbocycles. The standard InChI is InChI=1S/C13H20N2O3S.ClH/c1-9(8-14)15(3)19(16,17)12-4-5-13-11(7-12)6-10(2)18-13;/h4-5,7,9-10H,6,8,14H2,1-3H3;1H. The van der Waals surface area contributed by atoms with Gasteiger partial charge in [0.05, 0.1) is 4.90 Å². The first-order valence-electron chi connectivity index (χ1n) is 6.34. The summed E-state index contributed by atoms with van der Waals surface area (Å²) in [6, 6.07) is 4.79. The number of fused-ring (bicyclic) bond motifs is 1. The highest BCUT2D eigenvalue weighted by molar-refractivity contribution is 7.89. The minimum absolute atomic E-state index is 0. The van der Waals surface area contributed by atoms with Crippen molar-refractivity contribution >= 4 is 22.4 Å². The van der Waals surface area contributed by atoms with E-state index >= 15 is 0 Å². The van der Waals surface area contributed by atoms with E-state index in [2.05, 4.69) is 0 Å². The quantitative estimate of drug-likeness (QED) is 0.910. The van der Waals surface area contributed by atoms with Gasteiger partial charge in [0.25, 0.3) is 0 Å². The third kappa shape index (κ3) is 3.09. The summed E-state index contributed by atoms with van der Waals surface area (Å²) in [6.07, 6.45) is 0.850. The fraction of sp³-hybridized carbons (Fsp3) is 0.538. The van der Waals surface area contributed by atoms with E-state index in [0.717, 1.165) is 17.7 Å². The molecule has 1 aliphatic rings. The molecule has 7 heteroatoms. The van der Waals surface area contributed by atoms with Gasteiger partial charge in [-0.05, 0) is 37.6 Å². The summed E-state index contributed by atoms with van der Waals surface area (Å²) in [5.41, 5.74) is 6.48. The Kier molecular flexibility index (Phi) is 5.43. The molecule has 0 spiro atoms. The first-order valence-corrected chi connectivity index (χ1v) is 7.78. The maximum Gasteiger partial charge on any atom is 0.243 e. The fourth-order valence-electron chi connectivity index (χ4n) is 2.11. The Hall–Kier alpha value is -0.820. The first kappa shape index (κ1) is 17.2. The smallest absolute Gasteiger partial charge is 0.243 e. The lowest BCUT2D eigenvalue weighted by Gasteiger charge is -2.23. The second-order valence-corrected chi connectivity index (χ2v) is 7.01. The zero-order valence-corrected chi connectivity index (χ0v) is 13.5. The Morgan fingerprint density at radius 3 is 2.75 bits per heavy atom. The fourth-order valence-corrected chi connectivity index (χ4v) is 3.53. The topological polar surface area (TPSA) is 72.6 Å². The summed E-state index contributed by atoms with van der Waals surface area (Å²) in [5, 5.41) is 0. The van der Waals surface area contributed by atoms with Crippen LogP contribution in [0.4, 0.5) is 0 Å². The molecule has 2 rings (SSSR count). The van der Waals surface area contributed by atoms with Gasteiger partial charge in [0.15, 0.2) is 0 Å². The molecule has 0 radical (unpaired) electrons. The van der Waals surface area contributed by atoms with E-state index in [9.17, 15) is 8.42 Å². The minimum Gasteiger partial charge on any atom is -0.490 e. The van der Waals surface area contributed by atoms with Crippen LogP contribution in [0.25, 0.3) is 0 Å². The van der Waals surface area contributed by atoms with Gasteiger partial charge in [-0.2, -0.15) is 4.31 Å². The number of nitrogens with zero attached hydrogens (tertiary/aromatic N) is 1. The predicted molar refractivity (Wildman–Crippen MR) is 80.9 cm³/mol. The van der Waals surface area contributed by atoms with Crippen molar-refractivity contribution in [3.8, 4) is 5.75 Å². The monoisotopic (exact) mass is 320 g/mol. The van der Waals surface area contributed by atoms with Gasteiger partial charge in [-0.1, -0.05) is 0 Å². The van der Waals surface area contributed by atoms with Gasteiger partial charge in [-0.15, -0.1) is 12.4 Å². The molecule has 2 N–H and O–H groups in total. The summed E-state index contributed by atoms with van der Waals surface area (Å²) in [5.74, 6) is 0.779. The average molecular weight is 321 g/mol. The van der Waals surface area contributed by atoms with E-state index in [4.69, 9.17) is 10.5 Å². The van der Waals surface area contributed by atoms with E-state index in [0.29, 0.717) is 11.4 Å². The van der Waals surface area contributed by atoms with Gasteiger partial charge < -0.3 is 10.5 Å². The molecule has 1 aromatic rings. The van der Waals surface area contributed by atoms with Crippen LogP contribution in [0, 0.1) is 0 Å². The van der Waals surface area contributed by atoms with Crippen LogP contribution in [0.5, 0.6) is 5.75 Å². The third-order valence-corrected chi connectivity index (χ3v) is 5.47. The normalized spacial score (nSPS) is 19.1. The van der Waals surface area contributed by atoms with Crippen molar-refractivity contribution < 1.29 is 13.2 Å². The maximum absolute atomic E-state index is 12.4. The molecule has 2 atom stereocenters.